The third-order valence-corrected chi connectivity index (χ3v) is 2.67. The van der Waals surface area contributed by atoms with Gasteiger partial charge in [0.05, 0.1) is 11.2 Å². The van der Waals surface area contributed by atoms with E-state index in [0.717, 1.165) is 22.2 Å². The highest BCUT2D eigenvalue weighted by Gasteiger charge is 2.28. The van der Waals surface area contributed by atoms with Crippen LogP contribution in [-0.4, -0.2) is 10.9 Å². The zero-order valence-corrected chi connectivity index (χ0v) is 7.90. The number of anilines is 1. The van der Waals surface area contributed by atoms with E-state index in [4.69, 9.17) is 5.73 Å². The fraction of sp³-hybridized carbons (Fsp3) is 0.0909. The topological polar surface area (TPSA) is 68.0 Å². The summed E-state index contributed by atoms with van der Waals surface area (Å²) in [6.07, 6.45) is 1.71. The molecule has 2 aromatic rings. The number of rotatable bonds is 0. The third kappa shape index (κ3) is 1.05. The van der Waals surface area contributed by atoms with Gasteiger partial charge in [-0.1, -0.05) is 18.2 Å². The molecule has 0 aliphatic carbocycles. The first kappa shape index (κ1) is 8.38. The molecule has 1 aliphatic rings. The molecule has 0 radical (unpaired) electrons. The second-order valence-electron chi connectivity index (χ2n) is 3.57. The van der Waals surface area contributed by atoms with Crippen molar-refractivity contribution >= 4 is 22.5 Å². The van der Waals surface area contributed by atoms with E-state index in [9.17, 15) is 4.79 Å². The van der Waals surface area contributed by atoms with Crippen molar-refractivity contribution in [1.82, 2.24) is 4.98 Å². The van der Waals surface area contributed by atoms with Crippen molar-refractivity contribution in [3.8, 4) is 0 Å². The van der Waals surface area contributed by atoms with E-state index in [1.54, 1.807) is 6.20 Å². The molecule has 1 aromatic carbocycles. The lowest BCUT2D eigenvalue weighted by atomic mass is 10.1. The zero-order valence-electron chi connectivity index (χ0n) is 7.90. The second-order valence-corrected chi connectivity index (χ2v) is 3.57. The Labute approximate surface area is 86.1 Å². The van der Waals surface area contributed by atoms with E-state index < -0.39 is 6.04 Å². The number of benzene rings is 1. The molecule has 3 rings (SSSR count). The molecule has 0 spiro atoms. The van der Waals surface area contributed by atoms with Crippen molar-refractivity contribution in [2.24, 2.45) is 5.73 Å². The highest BCUT2D eigenvalue weighted by molar-refractivity contribution is 6.09. The fourth-order valence-corrected chi connectivity index (χ4v) is 1.89. The number of carbonyl (C=O) groups is 1. The summed E-state index contributed by atoms with van der Waals surface area (Å²) in [6.45, 7) is 0. The third-order valence-electron chi connectivity index (χ3n) is 2.67. The highest BCUT2D eigenvalue weighted by Crippen LogP contribution is 2.34. The predicted molar refractivity (Wildman–Crippen MR) is 57.3 cm³/mol. The van der Waals surface area contributed by atoms with Crippen LogP contribution in [0, 0.1) is 0 Å². The van der Waals surface area contributed by atoms with Crippen molar-refractivity contribution in [3.63, 3.8) is 0 Å². The van der Waals surface area contributed by atoms with E-state index in [-0.39, 0.29) is 5.91 Å². The molecule has 1 atom stereocenters. The Bertz CT molecular complexity index is 565. The number of aromatic nitrogens is 1. The van der Waals surface area contributed by atoms with Crippen LogP contribution in [0.25, 0.3) is 10.9 Å². The second kappa shape index (κ2) is 2.77. The van der Waals surface area contributed by atoms with Crippen LogP contribution in [0.3, 0.4) is 0 Å². The maximum Gasteiger partial charge on any atom is 0.246 e. The molecule has 0 saturated carbocycles. The van der Waals surface area contributed by atoms with E-state index >= 15 is 0 Å². The Hall–Kier alpha value is -1.94. The van der Waals surface area contributed by atoms with Gasteiger partial charge in [0, 0.05) is 17.1 Å². The molecular weight excluding hydrogens is 190 g/mol. The standard InChI is InChI=1S/C11H9N3O/c12-8-7-4-3-6-2-1-5-13-9(6)10(7)14-11(8)15/h1-5,8H,12H2,(H,14,15). The van der Waals surface area contributed by atoms with Gasteiger partial charge in [-0.2, -0.15) is 0 Å². The summed E-state index contributed by atoms with van der Waals surface area (Å²) in [5.74, 6) is -0.164. The number of hydrogen-bond acceptors (Lipinski definition) is 3. The van der Waals surface area contributed by atoms with E-state index in [1.807, 2.05) is 24.3 Å². The predicted octanol–water partition coefficient (Wildman–Crippen LogP) is 1.19. The summed E-state index contributed by atoms with van der Waals surface area (Å²) in [5, 5.41) is 3.77. The molecule has 4 heteroatoms. The van der Waals surface area contributed by atoms with E-state index in [1.165, 1.54) is 0 Å². The largest absolute Gasteiger partial charge is 0.322 e. The number of nitrogens with one attached hydrogen (secondary N) is 1. The van der Waals surface area contributed by atoms with Crippen LogP contribution in [0.2, 0.25) is 0 Å². The molecule has 74 valence electrons. The molecule has 1 unspecified atom stereocenters. The Morgan fingerprint density at radius 1 is 1.33 bits per heavy atom. The molecule has 1 aromatic heterocycles. The number of pyridine rings is 1. The van der Waals surface area contributed by atoms with Crippen LogP contribution in [0.15, 0.2) is 30.5 Å². The number of fused-ring (bicyclic) bond motifs is 3. The first-order valence-corrected chi connectivity index (χ1v) is 4.71. The fourth-order valence-electron chi connectivity index (χ4n) is 1.89. The molecule has 2 heterocycles. The van der Waals surface area contributed by atoms with Crippen molar-refractivity contribution in [2.75, 3.05) is 5.32 Å². The smallest absolute Gasteiger partial charge is 0.246 e. The van der Waals surface area contributed by atoms with Crippen LogP contribution in [0.5, 0.6) is 0 Å². The van der Waals surface area contributed by atoms with Gasteiger partial charge in [0.25, 0.3) is 0 Å². The highest BCUT2D eigenvalue weighted by atomic mass is 16.2. The number of hydrogen-bond donors (Lipinski definition) is 2. The summed E-state index contributed by atoms with van der Waals surface area (Å²) in [7, 11) is 0. The van der Waals surface area contributed by atoms with Gasteiger partial charge in [-0.05, 0) is 6.07 Å². The van der Waals surface area contributed by atoms with Gasteiger partial charge in [0.15, 0.2) is 0 Å². The number of amides is 1. The first-order chi connectivity index (χ1) is 7.27. The van der Waals surface area contributed by atoms with Gasteiger partial charge in [-0.15, -0.1) is 0 Å². The van der Waals surface area contributed by atoms with Crippen molar-refractivity contribution in [2.45, 2.75) is 6.04 Å². The molecule has 0 fully saturated rings. The average molecular weight is 199 g/mol. The molecule has 1 aliphatic heterocycles. The minimum absolute atomic E-state index is 0.164. The van der Waals surface area contributed by atoms with Gasteiger partial charge in [0.2, 0.25) is 5.91 Å². The van der Waals surface area contributed by atoms with Crippen LogP contribution in [0.4, 0.5) is 5.69 Å². The summed E-state index contributed by atoms with van der Waals surface area (Å²) in [6, 6.07) is 7.07. The Kier molecular flexibility index (Phi) is 1.55. The number of nitrogens with two attached hydrogens (primary N) is 1. The van der Waals surface area contributed by atoms with Crippen LogP contribution >= 0.6 is 0 Å². The lowest BCUT2D eigenvalue weighted by molar-refractivity contribution is -0.116. The molecule has 1 amide bonds. The quantitative estimate of drug-likeness (QED) is 0.669. The molecular formula is C11H9N3O. The Morgan fingerprint density at radius 3 is 3.07 bits per heavy atom. The first-order valence-electron chi connectivity index (χ1n) is 4.71. The van der Waals surface area contributed by atoms with Gasteiger partial charge in [-0.3, -0.25) is 9.78 Å². The lowest BCUT2D eigenvalue weighted by Gasteiger charge is -2.03. The molecule has 15 heavy (non-hydrogen) atoms. The van der Waals surface area contributed by atoms with Crippen LogP contribution in [0.1, 0.15) is 11.6 Å². The molecule has 4 nitrogen and oxygen atoms in total. The Balaban J connectivity index is 2.38. The maximum absolute atomic E-state index is 11.4. The summed E-state index contributed by atoms with van der Waals surface area (Å²) in [5.41, 5.74) is 8.12. The average Bonchev–Trinajstić information content (AvgIpc) is 2.56. The van der Waals surface area contributed by atoms with Gasteiger partial charge in [0.1, 0.15) is 6.04 Å². The summed E-state index contributed by atoms with van der Waals surface area (Å²) >= 11 is 0. The van der Waals surface area contributed by atoms with Crippen molar-refractivity contribution < 1.29 is 4.79 Å². The normalized spacial score (nSPS) is 19.0. The SMILES string of the molecule is NC1C(=O)Nc2c1ccc1cccnc21. The minimum Gasteiger partial charge on any atom is -0.322 e. The lowest BCUT2D eigenvalue weighted by Crippen LogP contribution is -2.19. The van der Waals surface area contributed by atoms with Gasteiger partial charge in [-0.25, -0.2) is 0 Å². The monoisotopic (exact) mass is 199 g/mol. The minimum atomic E-state index is -0.564. The molecule has 0 saturated heterocycles. The number of nitrogens with zero attached hydrogens (tertiary/aromatic N) is 1. The number of carbonyl (C=O) groups excluding carboxylic acids is 1. The van der Waals surface area contributed by atoms with E-state index in [2.05, 4.69) is 10.3 Å². The molecule has 0 bridgehead atoms. The van der Waals surface area contributed by atoms with Crippen LogP contribution in [-0.2, 0) is 4.79 Å². The summed E-state index contributed by atoms with van der Waals surface area (Å²) in [4.78, 5) is 15.7. The van der Waals surface area contributed by atoms with Crippen molar-refractivity contribution in [3.05, 3.63) is 36.0 Å². The summed E-state index contributed by atoms with van der Waals surface area (Å²) < 4.78 is 0. The van der Waals surface area contributed by atoms with Gasteiger partial charge >= 0.3 is 0 Å². The molecule has 3 N–H and O–H groups in total. The van der Waals surface area contributed by atoms with E-state index in [0.29, 0.717) is 0 Å². The van der Waals surface area contributed by atoms with Crippen LogP contribution < -0.4 is 11.1 Å². The zero-order chi connectivity index (χ0) is 10.4. The van der Waals surface area contributed by atoms with Gasteiger partial charge < -0.3 is 11.1 Å². The maximum atomic E-state index is 11.4. The Morgan fingerprint density at radius 2 is 2.20 bits per heavy atom. The van der Waals surface area contributed by atoms with Crippen molar-refractivity contribution in [1.29, 1.82) is 0 Å².